The molecule has 25 heavy (non-hydrogen) atoms. The molecule has 1 aromatic heterocycles. The van der Waals surface area contributed by atoms with Gasteiger partial charge in [0.25, 0.3) is 5.56 Å². The van der Waals surface area contributed by atoms with Gasteiger partial charge in [0.2, 0.25) is 0 Å². The van der Waals surface area contributed by atoms with E-state index < -0.39 is 58.0 Å². The molecular formula is C9H14N2O12P2. The molecule has 0 amide bonds. The maximum atomic E-state index is 11.7. The number of nitrogens with zero attached hydrogens (tertiary/aromatic N) is 1. The Morgan fingerprint density at radius 3 is 2.40 bits per heavy atom. The van der Waals surface area contributed by atoms with Gasteiger partial charge >= 0.3 is 21.3 Å². The van der Waals surface area contributed by atoms with E-state index in [1.54, 1.807) is 0 Å². The van der Waals surface area contributed by atoms with Crippen LogP contribution in [0.1, 0.15) is 6.23 Å². The smallest absolute Gasteiger partial charge is 0.387 e. The topological polar surface area (TPSA) is 218 Å². The highest BCUT2D eigenvalue weighted by Gasteiger charge is 2.45. The lowest BCUT2D eigenvalue weighted by Crippen LogP contribution is -2.37. The number of nitrogens with one attached hydrogen (secondary N) is 1. The van der Waals surface area contributed by atoms with Crippen molar-refractivity contribution < 1.29 is 47.6 Å². The van der Waals surface area contributed by atoms with E-state index in [1.165, 1.54) is 0 Å². The Balaban J connectivity index is 2.09. The van der Waals surface area contributed by atoms with Crippen LogP contribution in [0.5, 0.6) is 0 Å². The van der Waals surface area contributed by atoms with Gasteiger partial charge in [-0.05, 0) is 0 Å². The third-order valence-electron chi connectivity index (χ3n) is 3.07. The van der Waals surface area contributed by atoms with E-state index in [2.05, 4.69) is 8.83 Å². The van der Waals surface area contributed by atoms with Gasteiger partial charge in [-0.25, -0.2) is 13.9 Å². The van der Waals surface area contributed by atoms with Gasteiger partial charge in [-0.15, -0.1) is 0 Å². The third kappa shape index (κ3) is 5.15. The van der Waals surface area contributed by atoms with E-state index in [0.717, 1.165) is 16.8 Å². The Kier molecular flexibility index (Phi) is 5.81. The van der Waals surface area contributed by atoms with E-state index >= 15 is 0 Å². The molecule has 0 saturated carbocycles. The van der Waals surface area contributed by atoms with E-state index in [0.29, 0.717) is 0 Å². The summed E-state index contributed by atoms with van der Waals surface area (Å²) < 4.78 is 35.6. The van der Waals surface area contributed by atoms with Crippen molar-refractivity contribution in [3.8, 4) is 0 Å². The summed E-state index contributed by atoms with van der Waals surface area (Å²) >= 11 is 0. The zero-order valence-electron chi connectivity index (χ0n) is 12.1. The molecule has 0 aliphatic carbocycles. The summed E-state index contributed by atoms with van der Waals surface area (Å²) in [6, 6.07) is 0.962. The SMILES string of the molecule is O=c1ccn([C@@H]2O[C@H](COP(=O)(O)OP(=O)(O)O)[C@H](O)[C@H]2O)c(=O)[nH]1. The molecule has 1 aliphatic rings. The molecule has 142 valence electrons. The number of aromatic nitrogens is 2. The second kappa shape index (κ2) is 7.21. The molecule has 0 spiro atoms. The predicted octanol–water partition coefficient (Wildman–Crippen LogP) is -2.62. The van der Waals surface area contributed by atoms with Gasteiger partial charge < -0.3 is 29.6 Å². The Bertz CT molecular complexity index is 828. The lowest BCUT2D eigenvalue weighted by molar-refractivity contribution is -0.0542. The van der Waals surface area contributed by atoms with Gasteiger partial charge in [-0.3, -0.25) is 18.9 Å². The number of rotatable bonds is 6. The van der Waals surface area contributed by atoms with E-state index in [4.69, 9.17) is 19.4 Å². The van der Waals surface area contributed by atoms with Crippen molar-refractivity contribution in [3.05, 3.63) is 33.1 Å². The van der Waals surface area contributed by atoms with Crippen molar-refractivity contribution in [3.63, 3.8) is 0 Å². The second-order valence-electron chi connectivity index (χ2n) is 4.90. The van der Waals surface area contributed by atoms with E-state index in [9.17, 15) is 28.9 Å². The molecule has 16 heteroatoms. The monoisotopic (exact) mass is 404 g/mol. The van der Waals surface area contributed by atoms with Crippen LogP contribution in [0.25, 0.3) is 0 Å². The molecule has 1 aliphatic heterocycles. The highest BCUT2D eigenvalue weighted by Crippen LogP contribution is 2.57. The number of ether oxygens (including phenoxy) is 1. The molecule has 0 radical (unpaired) electrons. The maximum Gasteiger partial charge on any atom is 0.481 e. The average molecular weight is 404 g/mol. The summed E-state index contributed by atoms with van der Waals surface area (Å²) in [7, 11) is -10.5. The van der Waals surface area contributed by atoms with Gasteiger partial charge in [0, 0.05) is 12.3 Å². The molecule has 1 unspecified atom stereocenters. The number of aliphatic hydroxyl groups is 2. The van der Waals surface area contributed by atoms with Gasteiger partial charge in [-0.1, -0.05) is 0 Å². The first kappa shape index (κ1) is 20.1. The van der Waals surface area contributed by atoms with Crippen LogP contribution in [0.3, 0.4) is 0 Å². The highest BCUT2D eigenvalue weighted by molar-refractivity contribution is 7.60. The molecule has 0 bridgehead atoms. The van der Waals surface area contributed by atoms with Crippen LogP contribution in [-0.2, 0) is 22.7 Å². The third-order valence-corrected chi connectivity index (χ3v) is 5.23. The van der Waals surface area contributed by atoms with E-state index in [-0.39, 0.29) is 0 Å². The van der Waals surface area contributed by atoms with Crippen LogP contribution in [0, 0.1) is 0 Å². The summed E-state index contributed by atoms with van der Waals surface area (Å²) in [6.45, 7) is -0.902. The first-order chi connectivity index (χ1) is 11.4. The number of aliphatic hydroxyl groups excluding tert-OH is 2. The molecule has 1 fully saturated rings. The maximum absolute atomic E-state index is 11.7. The Hall–Kier alpha value is -1.18. The van der Waals surface area contributed by atoms with Crippen molar-refractivity contribution in [1.82, 2.24) is 9.55 Å². The van der Waals surface area contributed by atoms with Crippen LogP contribution < -0.4 is 11.2 Å². The molecule has 2 heterocycles. The zero-order chi connectivity index (χ0) is 19.0. The highest BCUT2D eigenvalue weighted by atomic mass is 31.3. The first-order valence-electron chi connectivity index (χ1n) is 6.47. The van der Waals surface area contributed by atoms with Gasteiger partial charge in [0.15, 0.2) is 6.23 Å². The van der Waals surface area contributed by atoms with Crippen LogP contribution in [-0.4, -0.2) is 59.4 Å². The van der Waals surface area contributed by atoms with Gasteiger partial charge in [0.05, 0.1) is 6.61 Å². The number of aromatic amines is 1. The Morgan fingerprint density at radius 1 is 1.20 bits per heavy atom. The van der Waals surface area contributed by atoms with Crippen LogP contribution >= 0.6 is 15.6 Å². The predicted molar refractivity (Wildman–Crippen MR) is 76.2 cm³/mol. The minimum Gasteiger partial charge on any atom is -0.387 e. The van der Waals surface area contributed by atoms with E-state index in [1.807, 2.05) is 4.98 Å². The first-order valence-corrected chi connectivity index (χ1v) is 9.49. The lowest BCUT2D eigenvalue weighted by Gasteiger charge is -2.17. The fourth-order valence-corrected chi connectivity index (χ4v) is 3.65. The fraction of sp³-hybridized carbons (Fsp3) is 0.556. The standard InChI is InChI=1S/C9H14N2O12P2/c12-5-1-2-11(9(15)10-5)8-7(14)6(13)4(22-8)3-21-25(19,20)23-24(16,17)18/h1-2,4,6-8,13-14H,3H2,(H,19,20)(H,10,12,15)(H2,16,17,18)/t4-,6+,7-,8-/m1/s1. The van der Waals surface area contributed by atoms with Crippen LogP contribution in [0.4, 0.5) is 0 Å². The number of hydrogen-bond acceptors (Lipinski definition) is 9. The molecule has 1 aromatic rings. The summed E-state index contributed by atoms with van der Waals surface area (Å²) in [5.41, 5.74) is -1.65. The van der Waals surface area contributed by atoms with Crippen molar-refractivity contribution in [2.24, 2.45) is 0 Å². The molecular weight excluding hydrogens is 390 g/mol. The number of hydrogen-bond donors (Lipinski definition) is 6. The van der Waals surface area contributed by atoms with Crippen molar-refractivity contribution in [2.75, 3.05) is 6.61 Å². The molecule has 1 saturated heterocycles. The zero-order valence-corrected chi connectivity index (χ0v) is 13.9. The summed E-state index contributed by atoms with van der Waals surface area (Å²) in [4.78, 5) is 50.7. The summed E-state index contributed by atoms with van der Waals surface area (Å²) in [6.07, 6.45) is -5.25. The Morgan fingerprint density at radius 2 is 1.84 bits per heavy atom. The van der Waals surface area contributed by atoms with Crippen molar-refractivity contribution in [1.29, 1.82) is 0 Å². The molecule has 2 rings (SSSR count). The number of phosphoric ester groups is 1. The van der Waals surface area contributed by atoms with Gasteiger partial charge in [0.1, 0.15) is 18.3 Å². The van der Waals surface area contributed by atoms with Crippen molar-refractivity contribution >= 4 is 15.6 Å². The normalized spacial score (nSPS) is 29.5. The van der Waals surface area contributed by atoms with Crippen LogP contribution in [0.15, 0.2) is 21.9 Å². The lowest BCUT2D eigenvalue weighted by atomic mass is 10.1. The van der Waals surface area contributed by atoms with Crippen LogP contribution in [0.2, 0.25) is 0 Å². The molecule has 0 aromatic carbocycles. The average Bonchev–Trinajstić information content (AvgIpc) is 2.71. The van der Waals surface area contributed by atoms with Gasteiger partial charge in [-0.2, -0.15) is 4.31 Å². The fourth-order valence-electron chi connectivity index (χ4n) is 2.05. The van der Waals surface area contributed by atoms with Crippen molar-refractivity contribution in [2.45, 2.75) is 24.5 Å². The largest absolute Gasteiger partial charge is 0.481 e. The summed E-state index contributed by atoms with van der Waals surface area (Å²) in [5.74, 6) is 0. The Labute approximate surface area is 138 Å². The molecule has 6 N–H and O–H groups in total. The number of phosphoric acid groups is 2. The minimum atomic E-state index is -5.32. The number of H-pyrrole nitrogens is 1. The minimum absolute atomic E-state index is 0.704. The second-order valence-corrected chi connectivity index (χ2v) is 7.73. The quantitative estimate of drug-likeness (QED) is 0.269. The molecule has 5 atom stereocenters. The summed E-state index contributed by atoms with van der Waals surface area (Å²) in [5, 5.41) is 19.8. The molecule has 14 nitrogen and oxygen atoms in total.